The first-order chi connectivity index (χ1) is 13.6. The quantitative estimate of drug-likeness (QED) is 0.571. The highest BCUT2D eigenvalue weighted by Crippen LogP contribution is 2.68. The van der Waals surface area contributed by atoms with Gasteiger partial charge in [0.25, 0.3) is 0 Å². The van der Waals surface area contributed by atoms with E-state index >= 15 is 0 Å². The molecule has 0 aromatic heterocycles. The first-order valence-electron chi connectivity index (χ1n) is 11.8. The second kappa shape index (κ2) is 7.49. The number of carboxylic acid groups (broad SMARTS) is 1. The Morgan fingerprint density at radius 3 is 2.45 bits per heavy atom. The van der Waals surface area contributed by atoms with Crippen molar-refractivity contribution in [1.29, 1.82) is 0 Å². The molecular weight excluding hydrogens is 368 g/mol. The van der Waals surface area contributed by atoms with Crippen LogP contribution in [-0.2, 0) is 4.79 Å². The van der Waals surface area contributed by atoms with Crippen LogP contribution in [0.15, 0.2) is 0 Å². The number of aliphatic hydroxyl groups is 3. The molecule has 5 heteroatoms. The zero-order valence-electron chi connectivity index (χ0n) is 18.3. The van der Waals surface area contributed by atoms with E-state index in [9.17, 15) is 20.1 Å². The summed E-state index contributed by atoms with van der Waals surface area (Å²) in [4.78, 5) is 11.1. The SMILES string of the molecule is C[C@H](CCC(=O)O)C1CC[C@H]2[C@@H]3[C@H](O)CC4C[C@H](O)CCC4(C)[C@H]3C[C@H](O)[C@]12C. The maximum Gasteiger partial charge on any atom is 0.303 e. The van der Waals surface area contributed by atoms with Gasteiger partial charge in [0, 0.05) is 6.42 Å². The van der Waals surface area contributed by atoms with Crippen molar-refractivity contribution in [3.63, 3.8) is 0 Å². The molecule has 166 valence electrons. The van der Waals surface area contributed by atoms with Gasteiger partial charge in [-0.05, 0) is 97.7 Å². The Hall–Kier alpha value is -0.650. The number of hydrogen-bond acceptors (Lipinski definition) is 4. The van der Waals surface area contributed by atoms with Crippen molar-refractivity contribution in [2.45, 2.75) is 96.9 Å². The van der Waals surface area contributed by atoms with Crippen LogP contribution in [0.5, 0.6) is 0 Å². The standard InChI is InChI=1S/C24H40O5/c1-13(4-7-21(28)29)16-5-6-17-22-18(12-20(27)24(16,17)3)23(2)9-8-15(25)10-14(23)11-19(22)26/h13-20,22,25-27H,4-12H2,1-3H3,(H,28,29)/t13-,14?,15-,16?,17+,18+,19-,20+,22+,23?,24-/m1/s1. The topological polar surface area (TPSA) is 98.0 Å². The van der Waals surface area contributed by atoms with Gasteiger partial charge in [-0.15, -0.1) is 0 Å². The normalized spacial score (nSPS) is 52.9. The molecule has 29 heavy (non-hydrogen) atoms. The van der Waals surface area contributed by atoms with Crippen molar-refractivity contribution in [2.24, 2.45) is 46.3 Å². The molecule has 11 atom stereocenters. The molecular formula is C24H40O5. The molecule has 0 radical (unpaired) electrons. The molecule has 0 aromatic rings. The van der Waals surface area contributed by atoms with Crippen LogP contribution in [0.4, 0.5) is 0 Å². The number of hydrogen-bond donors (Lipinski definition) is 4. The third kappa shape index (κ3) is 3.27. The molecule has 3 unspecified atom stereocenters. The predicted octanol–water partition coefficient (Wildman–Crippen LogP) is 3.45. The molecule has 4 aliphatic rings. The highest BCUT2D eigenvalue weighted by molar-refractivity contribution is 5.66. The lowest BCUT2D eigenvalue weighted by Gasteiger charge is -2.63. The fourth-order valence-electron chi connectivity index (χ4n) is 8.68. The van der Waals surface area contributed by atoms with Gasteiger partial charge in [0.15, 0.2) is 0 Å². The van der Waals surface area contributed by atoms with Gasteiger partial charge in [-0.2, -0.15) is 0 Å². The predicted molar refractivity (Wildman–Crippen MR) is 110 cm³/mol. The van der Waals surface area contributed by atoms with E-state index in [0.29, 0.717) is 30.1 Å². The van der Waals surface area contributed by atoms with E-state index in [1.807, 2.05) is 0 Å². The van der Waals surface area contributed by atoms with Crippen LogP contribution in [0.2, 0.25) is 0 Å². The Morgan fingerprint density at radius 2 is 1.76 bits per heavy atom. The lowest BCUT2D eigenvalue weighted by molar-refractivity contribution is -0.207. The molecule has 0 bridgehead atoms. The smallest absolute Gasteiger partial charge is 0.303 e. The number of fused-ring (bicyclic) bond motifs is 5. The van der Waals surface area contributed by atoms with E-state index in [0.717, 1.165) is 44.9 Å². The summed E-state index contributed by atoms with van der Waals surface area (Å²) in [5, 5.41) is 42.0. The summed E-state index contributed by atoms with van der Waals surface area (Å²) >= 11 is 0. The molecule has 0 aliphatic heterocycles. The summed E-state index contributed by atoms with van der Waals surface area (Å²) in [6, 6.07) is 0. The van der Waals surface area contributed by atoms with Gasteiger partial charge < -0.3 is 20.4 Å². The lowest BCUT2D eigenvalue weighted by Crippen LogP contribution is -2.62. The van der Waals surface area contributed by atoms with E-state index in [1.54, 1.807) is 0 Å². The van der Waals surface area contributed by atoms with Crippen LogP contribution >= 0.6 is 0 Å². The summed E-state index contributed by atoms with van der Waals surface area (Å²) in [7, 11) is 0. The van der Waals surface area contributed by atoms with Gasteiger partial charge in [0.2, 0.25) is 0 Å². The van der Waals surface area contributed by atoms with Crippen molar-refractivity contribution >= 4 is 5.97 Å². The minimum atomic E-state index is -0.748. The third-order valence-corrected chi connectivity index (χ3v) is 10.3. The summed E-state index contributed by atoms with van der Waals surface area (Å²) < 4.78 is 0. The van der Waals surface area contributed by atoms with Crippen molar-refractivity contribution in [1.82, 2.24) is 0 Å². The van der Waals surface area contributed by atoms with Crippen LogP contribution in [0.1, 0.15) is 78.6 Å². The summed E-state index contributed by atoms with van der Waals surface area (Å²) in [5.74, 6) is 0.997. The number of carboxylic acids is 1. The average Bonchev–Trinajstić information content (AvgIpc) is 3.01. The monoisotopic (exact) mass is 408 g/mol. The first-order valence-corrected chi connectivity index (χ1v) is 11.8. The van der Waals surface area contributed by atoms with Crippen molar-refractivity contribution < 1.29 is 25.2 Å². The Balaban J connectivity index is 1.61. The zero-order chi connectivity index (χ0) is 21.1. The molecule has 5 nitrogen and oxygen atoms in total. The van der Waals surface area contributed by atoms with Gasteiger partial charge in [0.1, 0.15) is 0 Å². The van der Waals surface area contributed by atoms with Gasteiger partial charge in [0.05, 0.1) is 18.3 Å². The number of carbonyl (C=O) groups is 1. The molecule has 4 saturated carbocycles. The summed E-state index contributed by atoms with van der Waals surface area (Å²) in [5.41, 5.74) is -0.143. The van der Waals surface area contributed by atoms with E-state index in [1.165, 1.54) is 0 Å². The van der Waals surface area contributed by atoms with Gasteiger partial charge in [-0.3, -0.25) is 4.79 Å². The van der Waals surface area contributed by atoms with Gasteiger partial charge >= 0.3 is 5.97 Å². The fraction of sp³-hybridized carbons (Fsp3) is 0.958. The Labute approximate surface area is 174 Å². The second-order valence-electron chi connectivity index (χ2n) is 11.4. The maximum absolute atomic E-state index is 11.5. The van der Waals surface area contributed by atoms with Crippen LogP contribution in [0.3, 0.4) is 0 Å². The molecule has 4 N–H and O–H groups in total. The summed E-state index contributed by atoms with van der Waals surface area (Å²) in [6.45, 7) is 6.72. The molecule has 4 rings (SSSR count). The summed E-state index contributed by atoms with van der Waals surface area (Å²) in [6.07, 6.45) is 6.00. The highest BCUT2D eigenvalue weighted by Gasteiger charge is 2.65. The van der Waals surface area contributed by atoms with Crippen LogP contribution in [0.25, 0.3) is 0 Å². The second-order valence-corrected chi connectivity index (χ2v) is 11.4. The van der Waals surface area contributed by atoms with Crippen molar-refractivity contribution in [3.8, 4) is 0 Å². The van der Waals surface area contributed by atoms with Gasteiger partial charge in [-0.1, -0.05) is 20.8 Å². The van der Waals surface area contributed by atoms with E-state index in [-0.39, 0.29) is 41.3 Å². The van der Waals surface area contributed by atoms with Crippen molar-refractivity contribution in [3.05, 3.63) is 0 Å². The Morgan fingerprint density at radius 1 is 1.03 bits per heavy atom. The number of aliphatic carboxylic acids is 1. The molecule has 0 saturated heterocycles. The highest BCUT2D eigenvalue weighted by atomic mass is 16.4. The van der Waals surface area contributed by atoms with Crippen LogP contribution in [0, 0.1) is 46.3 Å². The van der Waals surface area contributed by atoms with Crippen molar-refractivity contribution in [2.75, 3.05) is 0 Å². The fourth-order valence-corrected chi connectivity index (χ4v) is 8.68. The molecule has 4 fully saturated rings. The molecule has 4 aliphatic carbocycles. The Kier molecular flexibility index (Phi) is 5.57. The lowest BCUT2D eigenvalue weighted by atomic mass is 9.43. The minimum absolute atomic E-state index is 0.0957. The van der Waals surface area contributed by atoms with E-state index in [4.69, 9.17) is 5.11 Å². The van der Waals surface area contributed by atoms with Crippen LogP contribution in [-0.4, -0.2) is 44.7 Å². The van der Waals surface area contributed by atoms with Gasteiger partial charge in [-0.25, -0.2) is 0 Å². The molecule has 0 amide bonds. The Bertz CT molecular complexity index is 637. The van der Waals surface area contributed by atoms with E-state index in [2.05, 4.69) is 20.8 Å². The average molecular weight is 409 g/mol. The number of aliphatic hydroxyl groups excluding tert-OH is 3. The zero-order valence-corrected chi connectivity index (χ0v) is 18.3. The molecule has 0 heterocycles. The minimum Gasteiger partial charge on any atom is -0.481 e. The number of rotatable bonds is 4. The third-order valence-electron chi connectivity index (χ3n) is 10.3. The first kappa shape index (κ1) is 21.6. The largest absolute Gasteiger partial charge is 0.481 e. The molecule has 0 aromatic carbocycles. The maximum atomic E-state index is 11.5. The van der Waals surface area contributed by atoms with Crippen LogP contribution < -0.4 is 0 Å². The van der Waals surface area contributed by atoms with E-state index < -0.39 is 12.1 Å². The molecule has 0 spiro atoms.